The van der Waals surface area contributed by atoms with E-state index < -0.39 is 5.24 Å². The van der Waals surface area contributed by atoms with Gasteiger partial charge in [-0.05, 0) is 58.6 Å². The van der Waals surface area contributed by atoms with E-state index in [2.05, 4.69) is 20.8 Å². The lowest BCUT2D eigenvalue weighted by molar-refractivity contribution is 0.108. The highest BCUT2D eigenvalue weighted by Gasteiger charge is 2.15. The first kappa shape index (κ1) is 11.0. The van der Waals surface area contributed by atoms with Crippen LogP contribution in [0.25, 0.3) is 0 Å². The van der Waals surface area contributed by atoms with Gasteiger partial charge in [0.15, 0.2) is 0 Å². The van der Waals surface area contributed by atoms with Gasteiger partial charge in [0.05, 0.1) is 5.69 Å². The smallest absolute Gasteiger partial charge is 0.252 e. The van der Waals surface area contributed by atoms with Gasteiger partial charge in [0.25, 0.3) is 5.24 Å². The summed E-state index contributed by atoms with van der Waals surface area (Å²) in [6, 6.07) is 5.50. The minimum atomic E-state index is -0.413. The van der Waals surface area contributed by atoms with E-state index in [-0.39, 0.29) is 0 Å². The van der Waals surface area contributed by atoms with Gasteiger partial charge in [0, 0.05) is 23.1 Å². The maximum absolute atomic E-state index is 11.0. The van der Waals surface area contributed by atoms with Crippen LogP contribution < -0.4 is 4.90 Å². The molecule has 1 heterocycles. The summed E-state index contributed by atoms with van der Waals surface area (Å²) in [4.78, 5) is 13.3. The Morgan fingerprint density at radius 1 is 1.33 bits per heavy atom. The zero-order chi connectivity index (χ0) is 10.8. The summed E-state index contributed by atoms with van der Waals surface area (Å²) in [5.41, 5.74) is 1.68. The maximum Gasteiger partial charge on any atom is 0.252 e. The second kappa shape index (κ2) is 4.54. The number of carbonyl (C=O) groups is 1. The van der Waals surface area contributed by atoms with Gasteiger partial charge in [-0.2, -0.15) is 0 Å². The van der Waals surface area contributed by atoms with Crippen LogP contribution in [-0.4, -0.2) is 18.3 Å². The van der Waals surface area contributed by atoms with Crippen molar-refractivity contribution < 1.29 is 4.79 Å². The van der Waals surface area contributed by atoms with Crippen molar-refractivity contribution in [3.05, 3.63) is 28.2 Å². The third kappa shape index (κ3) is 2.34. The predicted octanol–water partition coefficient (Wildman–Crippen LogP) is 3.43. The fourth-order valence-electron chi connectivity index (χ4n) is 1.84. The van der Waals surface area contributed by atoms with E-state index in [0.717, 1.165) is 23.2 Å². The summed E-state index contributed by atoms with van der Waals surface area (Å²) in [7, 11) is 0. The van der Waals surface area contributed by atoms with Gasteiger partial charge in [-0.1, -0.05) is 0 Å². The lowest BCUT2D eigenvalue weighted by atomic mass is 10.2. The highest BCUT2D eigenvalue weighted by Crippen LogP contribution is 2.30. The molecule has 80 valence electrons. The SMILES string of the molecule is O=C(Cl)c1ccc(N2CCCC2)c(Br)c1. The molecular formula is C11H11BrClNO. The molecule has 0 radical (unpaired) electrons. The molecule has 0 unspecified atom stereocenters. The maximum atomic E-state index is 11.0. The largest absolute Gasteiger partial charge is 0.371 e. The molecule has 1 saturated heterocycles. The van der Waals surface area contributed by atoms with E-state index in [1.165, 1.54) is 12.8 Å². The second-order valence-electron chi connectivity index (χ2n) is 3.63. The molecule has 0 spiro atoms. The van der Waals surface area contributed by atoms with Crippen molar-refractivity contribution >= 4 is 38.5 Å². The number of carbonyl (C=O) groups excluding carboxylic acids is 1. The third-order valence-electron chi connectivity index (χ3n) is 2.62. The minimum absolute atomic E-state index is 0.413. The minimum Gasteiger partial charge on any atom is -0.371 e. The molecule has 0 N–H and O–H groups in total. The van der Waals surface area contributed by atoms with E-state index in [1.807, 2.05) is 6.07 Å². The Bertz CT molecular complexity index is 388. The number of hydrogen-bond acceptors (Lipinski definition) is 2. The summed E-state index contributed by atoms with van der Waals surface area (Å²) in [5.74, 6) is 0. The van der Waals surface area contributed by atoms with Crippen molar-refractivity contribution in [2.24, 2.45) is 0 Å². The fourth-order valence-corrected chi connectivity index (χ4v) is 2.59. The van der Waals surface area contributed by atoms with Crippen molar-refractivity contribution in [1.29, 1.82) is 0 Å². The summed E-state index contributed by atoms with van der Waals surface area (Å²) in [6.07, 6.45) is 2.48. The van der Waals surface area contributed by atoms with Gasteiger partial charge in [-0.3, -0.25) is 4.79 Å². The summed E-state index contributed by atoms with van der Waals surface area (Å²) < 4.78 is 0.941. The molecule has 1 fully saturated rings. The van der Waals surface area contributed by atoms with Crippen molar-refractivity contribution in [2.45, 2.75) is 12.8 Å². The van der Waals surface area contributed by atoms with Crippen LogP contribution in [0.15, 0.2) is 22.7 Å². The van der Waals surface area contributed by atoms with Crippen LogP contribution in [0, 0.1) is 0 Å². The Kier molecular flexibility index (Phi) is 3.32. The van der Waals surface area contributed by atoms with Crippen molar-refractivity contribution in [1.82, 2.24) is 0 Å². The van der Waals surface area contributed by atoms with Crippen LogP contribution in [0.5, 0.6) is 0 Å². The fraction of sp³-hybridized carbons (Fsp3) is 0.364. The summed E-state index contributed by atoms with van der Waals surface area (Å²) >= 11 is 8.89. The van der Waals surface area contributed by atoms with Gasteiger partial charge in [0.1, 0.15) is 0 Å². The van der Waals surface area contributed by atoms with Gasteiger partial charge < -0.3 is 4.90 Å². The quantitative estimate of drug-likeness (QED) is 0.777. The molecule has 1 aromatic rings. The Morgan fingerprint density at radius 2 is 2.00 bits per heavy atom. The molecule has 1 aliphatic rings. The molecule has 0 aromatic heterocycles. The van der Waals surface area contributed by atoms with Crippen molar-refractivity contribution in [2.75, 3.05) is 18.0 Å². The molecule has 0 amide bonds. The number of anilines is 1. The molecule has 0 aliphatic carbocycles. The number of nitrogens with zero attached hydrogens (tertiary/aromatic N) is 1. The predicted molar refractivity (Wildman–Crippen MR) is 65.8 cm³/mol. The zero-order valence-electron chi connectivity index (χ0n) is 8.17. The standard InChI is InChI=1S/C11H11BrClNO/c12-9-7-8(11(13)15)3-4-10(9)14-5-1-2-6-14/h3-4,7H,1-2,5-6H2. The van der Waals surface area contributed by atoms with E-state index in [1.54, 1.807) is 12.1 Å². The van der Waals surface area contributed by atoms with E-state index in [9.17, 15) is 4.79 Å². The first-order valence-corrected chi connectivity index (χ1v) is 6.10. The molecule has 1 aliphatic heterocycles. The van der Waals surface area contributed by atoms with Crippen LogP contribution in [0.3, 0.4) is 0 Å². The van der Waals surface area contributed by atoms with E-state index in [4.69, 9.17) is 11.6 Å². The molecule has 2 rings (SSSR count). The van der Waals surface area contributed by atoms with Crippen LogP contribution >= 0.6 is 27.5 Å². The lowest BCUT2D eigenvalue weighted by Gasteiger charge is -2.19. The van der Waals surface area contributed by atoms with Gasteiger partial charge in [-0.15, -0.1) is 0 Å². The molecule has 0 atom stereocenters. The lowest BCUT2D eigenvalue weighted by Crippen LogP contribution is -2.18. The number of benzene rings is 1. The number of halogens is 2. The molecule has 4 heteroatoms. The highest BCUT2D eigenvalue weighted by molar-refractivity contribution is 9.10. The summed E-state index contributed by atoms with van der Waals surface area (Å²) in [6.45, 7) is 2.18. The third-order valence-corrected chi connectivity index (χ3v) is 3.47. The Hall–Kier alpha value is -0.540. The van der Waals surface area contributed by atoms with Gasteiger partial charge in [0.2, 0.25) is 0 Å². The first-order chi connectivity index (χ1) is 7.18. The normalized spacial score (nSPS) is 15.7. The summed E-state index contributed by atoms with van der Waals surface area (Å²) in [5, 5.41) is -0.413. The van der Waals surface area contributed by atoms with E-state index >= 15 is 0 Å². The zero-order valence-corrected chi connectivity index (χ0v) is 10.5. The van der Waals surface area contributed by atoms with Crippen molar-refractivity contribution in [3.63, 3.8) is 0 Å². The average Bonchev–Trinajstić information content (AvgIpc) is 2.70. The first-order valence-electron chi connectivity index (χ1n) is 4.93. The Balaban J connectivity index is 2.29. The highest BCUT2D eigenvalue weighted by atomic mass is 79.9. The van der Waals surface area contributed by atoms with Crippen LogP contribution in [0.2, 0.25) is 0 Å². The number of rotatable bonds is 2. The van der Waals surface area contributed by atoms with Crippen LogP contribution in [0.1, 0.15) is 23.2 Å². The van der Waals surface area contributed by atoms with Crippen LogP contribution in [-0.2, 0) is 0 Å². The average molecular weight is 289 g/mol. The molecule has 0 bridgehead atoms. The Labute approximate surface area is 102 Å². The molecule has 1 aromatic carbocycles. The number of hydrogen-bond donors (Lipinski definition) is 0. The Morgan fingerprint density at radius 3 is 2.53 bits per heavy atom. The van der Waals surface area contributed by atoms with Crippen molar-refractivity contribution in [3.8, 4) is 0 Å². The van der Waals surface area contributed by atoms with Crippen LogP contribution in [0.4, 0.5) is 5.69 Å². The van der Waals surface area contributed by atoms with Gasteiger partial charge in [-0.25, -0.2) is 0 Å². The second-order valence-corrected chi connectivity index (χ2v) is 4.83. The van der Waals surface area contributed by atoms with E-state index in [0.29, 0.717) is 5.56 Å². The molecule has 2 nitrogen and oxygen atoms in total. The molecule has 0 saturated carbocycles. The molecular weight excluding hydrogens is 277 g/mol. The topological polar surface area (TPSA) is 20.3 Å². The van der Waals surface area contributed by atoms with Gasteiger partial charge >= 0.3 is 0 Å². The monoisotopic (exact) mass is 287 g/mol. The molecule has 15 heavy (non-hydrogen) atoms.